The van der Waals surface area contributed by atoms with Crippen molar-refractivity contribution >= 4 is 17.8 Å². The average Bonchev–Trinajstić information content (AvgIpc) is 2.76. The first kappa shape index (κ1) is 28.4. The molecule has 1 saturated heterocycles. The van der Waals surface area contributed by atoms with E-state index in [0.717, 1.165) is 51.4 Å². The summed E-state index contributed by atoms with van der Waals surface area (Å²) in [4.78, 5) is 36.4. The van der Waals surface area contributed by atoms with Crippen LogP contribution in [0.25, 0.3) is 0 Å². The Morgan fingerprint density at radius 1 is 0.875 bits per heavy atom. The minimum Gasteiger partial charge on any atom is -0.461 e. The predicted molar refractivity (Wildman–Crippen MR) is 127 cm³/mol. The lowest BCUT2D eigenvalue weighted by molar-refractivity contribution is -0.196. The molecule has 6 heteroatoms. The molecular formula is C26H47NO5. The normalized spacial score (nSPS) is 19.7. The minimum absolute atomic E-state index is 0.00389. The summed E-state index contributed by atoms with van der Waals surface area (Å²) < 4.78 is 10.6. The zero-order valence-corrected chi connectivity index (χ0v) is 20.8. The molecule has 1 fully saturated rings. The summed E-state index contributed by atoms with van der Waals surface area (Å²) >= 11 is 0. The quantitative estimate of drug-likeness (QED) is 0.142. The second-order valence-corrected chi connectivity index (χ2v) is 9.66. The van der Waals surface area contributed by atoms with Crippen molar-refractivity contribution in [3.8, 4) is 0 Å². The first-order valence-electron chi connectivity index (χ1n) is 13.0. The number of unbranched alkanes of at least 4 members (excludes halogenated alkanes) is 12. The van der Waals surface area contributed by atoms with Gasteiger partial charge >= 0.3 is 11.9 Å². The number of hydrogen-bond donors (Lipinski definition) is 1. The van der Waals surface area contributed by atoms with Gasteiger partial charge in [-0.2, -0.15) is 0 Å². The first-order valence-corrected chi connectivity index (χ1v) is 13.0. The summed E-state index contributed by atoms with van der Waals surface area (Å²) in [7, 11) is 0. The number of nitrogens with two attached hydrogens (primary N) is 1. The van der Waals surface area contributed by atoms with Crippen LogP contribution in [0, 0.1) is 11.3 Å². The van der Waals surface area contributed by atoms with Crippen molar-refractivity contribution in [2.75, 3.05) is 6.61 Å². The van der Waals surface area contributed by atoms with Crippen molar-refractivity contribution in [1.29, 1.82) is 0 Å². The van der Waals surface area contributed by atoms with Crippen LogP contribution < -0.4 is 5.73 Å². The molecule has 0 spiro atoms. The Bertz CT molecular complexity index is 564. The standard InChI is InChI=1S/C26H47NO5/c1-4-6-8-10-11-12-13-14-15-17-19-26(3,24(27)29)25(30)31-20-22-21(23(28)32-22)18-16-9-7-5-2/h21-22H,4-20H2,1-3H3,(H2,27,29)/t21-,22+,26-/m0/s1. The summed E-state index contributed by atoms with van der Waals surface area (Å²) in [5.74, 6) is -1.68. The van der Waals surface area contributed by atoms with Gasteiger partial charge in [-0.3, -0.25) is 14.4 Å². The molecule has 0 saturated carbocycles. The Morgan fingerprint density at radius 3 is 1.88 bits per heavy atom. The van der Waals surface area contributed by atoms with Gasteiger partial charge < -0.3 is 15.2 Å². The van der Waals surface area contributed by atoms with E-state index < -0.39 is 23.4 Å². The van der Waals surface area contributed by atoms with E-state index in [-0.39, 0.29) is 18.5 Å². The van der Waals surface area contributed by atoms with Crippen LogP contribution in [-0.2, 0) is 23.9 Å². The van der Waals surface area contributed by atoms with Gasteiger partial charge in [-0.15, -0.1) is 0 Å². The molecule has 6 nitrogen and oxygen atoms in total. The van der Waals surface area contributed by atoms with Gasteiger partial charge in [0, 0.05) is 0 Å². The van der Waals surface area contributed by atoms with Crippen LogP contribution in [0.4, 0.5) is 0 Å². The molecule has 0 unspecified atom stereocenters. The fourth-order valence-electron chi connectivity index (χ4n) is 4.25. The summed E-state index contributed by atoms with van der Waals surface area (Å²) in [6, 6.07) is 0. The summed E-state index contributed by atoms with van der Waals surface area (Å²) in [6.45, 7) is 5.94. The molecule has 0 radical (unpaired) electrons. The van der Waals surface area contributed by atoms with E-state index in [4.69, 9.17) is 15.2 Å². The maximum atomic E-state index is 12.7. The molecule has 1 amide bonds. The molecule has 3 atom stereocenters. The van der Waals surface area contributed by atoms with Gasteiger partial charge in [-0.1, -0.05) is 104 Å². The molecule has 0 aromatic rings. The number of amides is 1. The largest absolute Gasteiger partial charge is 0.461 e. The molecule has 0 aliphatic carbocycles. The third-order valence-electron chi connectivity index (χ3n) is 6.79. The molecular weight excluding hydrogens is 406 g/mol. The number of carbonyl (C=O) groups excluding carboxylic acids is 3. The van der Waals surface area contributed by atoms with Crippen LogP contribution in [0.15, 0.2) is 0 Å². The third kappa shape index (κ3) is 9.91. The van der Waals surface area contributed by atoms with E-state index in [1.165, 1.54) is 44.9 Å². The molecule has 0 aromatic heterocycles. The van der Waals surface area contributed by atoms with Crippen LogP contribution in [0.1, 0.15) is 124 Å². The van der Waals surface area contributed by atoms with Crippen molar-refractivity contribution in [3.63, 3.8) is 0 Å². The van der Waals surface area contributed by atoms with Crippen molar-refractivity contribution in [3.05, 3.63) is 0 Å². The molecule has 32 heavy (non-hydrogen) atoms. The molecule has 1 heterocycles. The fourth-order valence-corrected chi connectivity index (χ4v) is 4.25. The Hall–Kier alpha value is -1.59. The van der Waals surface area contributed by atoms with Crippen LogP contribution in [0.2, 0.25) is 0 Å². The lowest BCUT2D eigenvalue weighted by atomic mass is 9.83. The molecule has 1 aliphatic heterocycles. The first-order chi connectivity index (χ1) is 15.4. The van der Waals surface area contributed by atoms with E-state index in [9.17, 15) is 14.4 Å². The second kappa shape index (κ2) is 16.1. The Labute approximate surface area is 195 Å². The van der Waals surface area contributed by atoms with Gasteiger partial charge in [-0.05, 0) is 19.8 Å². The number of hydrogen-bond acceptors (Lipinski definition) is 5. The molecule has 0 aromatic carbocycles. The number of carbonyl (C=O) groups is 3. The highest BCUT2D eigenvalue weighted by Crippen LogP contribution is 2.31. The third-order valence-corrected chi connectivity index (χ3v) is 6.79. The molecule has 0 bridgehead atoms. The molecule has 1 rings (SSSR count). The van der Waals surface area contributed by atoms with E-state index >= 15 is 0 Å². The van der Waals surface area contributed by atoms with Gasteiger partial charge in [0.2, 0.25) is 5.91 Å². The highest BCUT2D eigenvalue weighted by atomic mass is 16.6. The molecule has 186 valence electrons. The summed E-state index contributed by atoms with van der Waals surface area (Å²) in [6.07, 6.45) is 16.9. The maximum Gasteiger partial charge on any atom is 0.321 e. The van der Waals surface area contributed by atoms with E-state index in [0.29, 0.717) is 6.42 Å². The monoisotopic (exact) mass is 453 g/mol. The number of rotatable bonds is 20. The van der Waals surface area contributed by atoms with Crippen molar-refractivity contribution in [1.82, 2.24) is 0 Å². The van der Waals surface area contributed by atoms with Gasteiger partial charge in [0.15, 0.2) is 0 Å². The van der Waals surface area contributed by atoms with E-state index in [1.807, 2.05) is 0 Å². The lowest BCUT2D eigenvalue weighted by Crippen LogP contribution is -2.50. The smallest absolute Gasteiger partial charge is 0.321 e. The number of ether oxygens (including phenoxy) is 2. The summed E-state index contributed by atoms with van der Waals surface area (Å²) in [5, 5.41) is 0. The van der Waals surface area contributed by atoms with Crippen molar-refractivity contribution < 1.29 is 23.9 Å². The van der Waals surface area contributed by atoms with Crippen molar-refractivity contribution in [2.45, 2.75) is 130 Å². The topological polar surface area (TPSA) is 95.7 Å². The molecule has 2 N–H and O–H groups in total. The van der Waals surface area contributed by atoms with Gasteiger partial charge in [0.1, 0.15) is 18.1 Å². The van der Waals surface area contributed by atoms with Gasteiger partial charge in [0.25, 0.3) is 0 Å². The zero-order valence-electron chi connectivity index (χ0n) is 20.8. The van der Waals surface area contributed by atoms with Gasteiger partial charge in [0.05, 0.1) is 5.92 Å². The Balaban J connectivity index is 2.29. The average molecular weight is 454 g/mol. The van der Waals surface area contributed by atoms with Crippen LogP contribution >= 0.6 is 0 Å². The van der Waals surface area contributed by atoms with Crippen LogP contribution in [0.5, 0.6) is 0 Å². The lowest BCUT2D eigenvalue weighted by Gasteiger charge is -2.35. The maximum absolute atomic E-state index is 12.7. The number of cyclic esters (lactones) is 1. The minimum atomic E-state index is -1.33. The Kier molecular flexibility index (Phi) is 14.3. The Morgan fingerprint density at radius 2 is 1.38 bits per heavy atom. The number of primary amides is 1. The van der Waals surface area contributed by atoms with Crippen molar-refractivity contribution in [2.24, 2.45) is 17.1 Å². The van der Waals surface area contributed by atoms with Gasteiger partial charge in [-0.25, -0.2) is 0 Å². The SMILES string of the molecule is CCCCCCCCCCCC[C@@](C)(C(N)=O)C(=O)OC[C@H]1OC(=O)[C@H]1CCCCCC. The molecule has 1 aliphatic rings. The number of esters is 2. The van der Waals surface area contributed by atoms with Crippen LogP contribution in [-0.4, -0.2) is 30.6 Å². The highest BCUT2D eigenvalue weighted by molar-refractivity contribution is 6.01. The highest BCUT2D eigenvalue weighted by Gasteiger charge is 2.45. The van der Waals surface area contributed by atoms with E-state index in [2.05, 4.69) is 13.8 Å². The summed E-state index contributed by atoms with van der Waals surface area (Å²) in [5.41, 5.74) is 4.23. The second-order valence-electron chi connectivity index (χ2n) is 9.66. The predicted octanol–water partition coefficient (Wildman–Crippen LogP) is 5.84. The van der Waals surface area contributed by atoms with E-state index in [1.54, 1.807) is 6.92 Å². The zero-order chi connectivity index (χ0) is 23.8. The fraction of sp³-hybridized carbons (Fsp3) is 0.885. The van der Waals surface area contributed by atoms with Crippen LogP contribution in [0.3, 0.4) is 0 Å².